The number of imidazole rings is 1. The normalized spacial score (nSPS) is 10.3. The zero-order valence-electron chi connectivity index (χ0n) is 11.4. The van der Waals surface area contributed by atoms with Gasteiger partial charge in [-0.2, -0.15) is 0 Å². The van der Waals surface area contributed by atoms with Crippen molar-refractivity contribution in [2.75, 3.05) is 7.11 Å². The molecule has 0 aliphatic carbocycles. The van der Waals surface area contributed by atoms with Crippen LogP contribution in [0.5, 0.6) is 11.5 Å². The number of aromatic carboxylic acids is 1. The number of hydrogen-bond acceptors (Lipinski definition) is 4. The van der Waals surface area contributed by atoms with Gasteiger partial charge in [-0.15, -0.1) is 0 Å². The van der Waals surface area contributed by atoms with Crippen LogP contribution in [0.25, 0.3) is 0 Å². The summed E-state index contributed by atoms with van der Waals surface area (Å²) >= 11 is 0. The predicted molar refractivity (Wildman–Crippen MR) is 72.2 cm³/mol. The second-order valence-corrected chi connectivity index (χ2v) is 4.09. The maximum atomic E-state index is 10.9. The van der Waals surface area contributed by atoms with Crippen LogP contribution in [0, 0.1) is 0 Å². The molecule has 1 aromatic carbocycles. The van der Waals surface area contributed by atoms with E-state index in [-0.39, 0.29) is 5.56 Å². The van der Waals surface area contributed by atoms with Crippen molar-refractivity contribution >= 4 is 5.97 Å². The van der Waals surface area contributed by atoms with Gasteiger partial charge in [-0.05, 0) is 25.1 Å². The fraction of sp³-hybridized carbons (Fsp3) is 0.286. The van der Waals surface area contributed by atoms with Gasteiger partial charge in [0.05, 0.1) is 12.7 Å². The molecule has 0 aliphatic heterocycles. The lowest BCUT2D eigenvalue weighted by Crippen LogP contribution is -2.06. The number of methoxy groups -OCH3 is 1. The Morgan fingerprint density at radius 2 is 2.20 bits per heavy atom. The van der Waals surface area contributed by atoms with Gasteiger partial charge in [0.15, 0.2) is 11.5 Å². The lowest BCUT2D eigenvalue weighted by atomic mass is 10.2. The van der Waals surface area contributed by atoms with Crippen molar-refractivity contribution in [2.45, 2.75) is 20.1 Å². The summed E-state index contributed by atoms with van der Waals surface area (Å²) in [5.74, 6) is 0.677. The van der Waals surface area contributed by atoms with E-state index < -0.39 is 5.97 Å². The summed E-state index contributed by atoms with van der Waals surface area (Å²) in [6.07, 6.45) is 3.59. The van der Waals surface area contributed by atoms with Crippen LogP contribution in [-0.2, 0) is 13.2 Å². The van der Waals surface area contributed by atoms with Gasteiger partial charge in [-0.3, -0.25) is 0 Å². The van der Waals surface area contributed by atoms with Crippen molar-refractivity contribution in [3.63, 3.8) is 0 Å². The fourth-order valence-corrected chi connectivity index (χ4v) is 1.83. The number of benzene rings is 1. The Morgan fingerprint density at radius 3 is 2.85 bits per heavy atom. The quantitative estimate of drug-likeness (QED) is 0.875. The van der Waals surface area contributed by atoms with E-state index in [0.29, 0.717) is 18.1 Å². The molecule has 6 nitrogen and oxygen atoms in total. The van der Waals surface area contributed by atoms with Gasteiger partial charge in [-0.25, -0.2) is 9.78 Å². The third-order valence-electron chi connectivity index (χ3n) is 2.91. The first-order chi connectivity index (χ1) is 9.65. The molecule has 0 atom stereocenters. The molecule has 1 heterocycles. The molecule has 1 N–H and O–H groups in total. The second-order valence-electron chi connectivity index (χ2n) is 4.09. The van der Waals surface area contributed by atoms with Crippen molar-refractivity contribution in [3.05, 3.63) is 42.0 Å². The van der Waals surface area contributed by atoms with Crippen LogP contribution >= 0.6 is 0 Å². The molecule has 0 fully saturated rings. The maximum Gasteiger partial charge on any atom is 0.335 e. The van der Waals surface area contributed by atoms with E-state index in [4.69, 9.17) is 14.6 Å². The molecule has 0 saturated carbocycles. The molecule has 20 heavy (non-hydrogen) atoms. The highest BCUT2D eigenvalue weighted by Gasteiger charge is 2.11. The Labute approximate surface area is 116 Å². The van der Waals surface area contributed by atoms with Crippen molar-refractivity contribution in [1.82, 2.24) is 9.55 Å². The topological polar surface area (TPSA) is 73.6 Å². The largest absolute Gasteiger partial charge is 0.493 e. The SMILES string of the molecule is CCn1ccnc1COc1ccc(C(=O)O)cc1OC. The summed E-state index contributed by atoms with van der Waals surface area (Å²) in [5.41, 5.74) is 0.157. The summed E-state index contributed by atoms with van der Waals surface area (Å²) in [7, 11) is 1.47. The van der Waals surface area contributed by atoms with Crippen molar-refractivity contribution in [2.24, 2.45) is 0 Å². The minimum Gasteiger partial charge on any atom is -0.493 e. The van der Waals surface area contributed by atoms with E-state index in [1.807, 2.05) is 17.7 Å². The van der Waals surface area contributed by atoms with Crippen LogP contribution in [-0.4, -0.2) is 27.7 Å². The van der Waals surface area contributed by atoms with Crippen LogP contribution in [0.3, 0.4) is 0 Å². The predicted octanol–water partition coefficient (Wildman–Crippen LogP) is 2.19. The number of nitrogens with zero attached hydrogens (tertiary/aromatic N) is 2. The molecule has 0 unspecified atom stereocenters. The minimum absolute atomic E-state index is 0.157. The average molecular weight is 276 g/mol. The second kappa shape index (κ2) is 6.10. The first-order valence-corrected chi connectivity index (χ1v) is 6.19. The van der Waals surface area contributed by atoms with Crippen LogP contribution in [0.2, 0.25) is 0 Å². The van der Waals surface area contributed by atoms with Gasteiger partial charge in [0, 0.05) is 18.9 Å². The highest BCUT2D eigenvalue weighted by molar-refractivity contribution is 5.88. The summed E-state index contributed by atoms with van der Waals surface area (Å²) < 4.78 is 12.8. The van der Waals surface area contributed by atoms with Crippen LogP contribution in [0.15, 0.2) is 30.6 Å². The smallest absolute Gasteiger partial charge is 0.335 e. The Bertz CT molecular complexity index is 607. The Hall–Kier alpha value is -2.50. The fourth-order valence-electron chi connectivity index (χ4n) is 1.83. The zero-order chi connectivity index (χ0) is 14.5. The zero-order valence-corrected chi connectivity index (χ0v) is 11.4. The van der Waals surface area contributed by atoms with Crippen molar-refractivity contribution in [1.29, 1.82) is 0 Å². The van der Waals surface area contributed by atoms with Crippen LogP contribution in [0.1, 0.15) is 23.1 Å². The van der Waals surface area contributed by atoms with Gasteiger partial charge in [0.1, 0.15) is 12.4 Å². The third kappa shape index (κ3) is 2.90. The van der Waals surface area contributed by atoms with E-state index in [0.717, 1.165) is 12.4 Å². The summed E-state index contributed by atoms with van der Waals surface area (Å²) in [4.78, 5) is 15.1. The van der Waals surface area contributed by atoms with E-state index >= 15 is 0 Å². The molecule has 0 spiro atoms. The van der Waals surface area contributed by atoms with E-state index in [1.165, 1.54) is 19.2 Å². The molecule has 2 aromatic rings. The Morgan fingerprint density at radius 1 is 1.40 bits per heavy atom. The number of ether oxygens (including phenoxy) is 2. The van der Waals surface area contributed by atoms with E-state index in [2.05, 4.69) is 4.98 Å². The number of hydrogen-bond donors (Lipinski definition) is 1. The van der Waals surface area contributed by atoms with Gasteiger partial charge in [0.25, 0.3) is 0 Å². The first kappa shape index (κ1) is 13.9. The lowest BCUT2D eigenvalue weighted by Gasteiger charge is -2.11. The maximum absolute atomic E-state index is 10.9. The highest BCUT2D eigenvalue weighted by atomic mass is 16.5. The van der Waals surface area contributed by atoms with E-state index in [1.54, 1.807) is 12.3 Å². The number of carboxylic acid groups (broad SMARTS) is 1. The summed E-state index contributed by atoms with van der Waals surface area (Å²) in [6, 6.07) is 4.50. The number of carboxylic acids is 1. The molecular weight excluding hydrogens is 260 g/mol. The number of aromatic nitrogens is 2. The van der Waals surface area contributed by atoms with Gasteiger partial charge < -0.3 is 19.1 Å². The molecule has 0 aliphatic rings. The standard InChI is InChI=1S/C14H16N2O4/c1-3-16-7-6-15-13(16)9-20-11-5-4-10(14(17)18)8-12(11)19-2/h4-8H,3,9H2,1-2H3,(H,17,18). The molecule has 0 saturated heterocycles. The van der Waals surface area contributed by atoms with Gasteiger partial charge in [0.2, 0.25) is 0 Å². The van der Waals surface area contributed by atoms with E-state index in [9.17, 15) is 4.79 Å². The summed E-state index contributed by atoms with van der Waals surface area (Å²) in [5, 5.41) is 8.93. The molecule has 2 rings (SSSR count). The van der Waals surface area contributed by atoms with Crippen LogP contribution < -0.4 is 9.47 Å². The molecule has 0 radical (unpaired) electrons. The molecule has 1 aromatic heterocycles. The number of aryl methyl sites for hydroxylation is 1. The molecule has 6 heteroatoms. The monoisotopic (exact) mass is 276 g/mol. The van der Waals surface area contributed by atoms with Crippen molar-refractivity contribution < 1.29 is 19.4 Å². The number of rotatable bonds is 6. The molecule has 106 valence electrons. The van der Waals surface area contributed by atoms with Gasteiger partial charge in [-0.1, -0.05) is 0 Å². The van der Waals surface area contributed by atoms with Crippen LogP contribution in [0.4, 0.5) is 0 Å². The molecule has 0 bridgehead atoms. The van der Waals surface area contributed by atoms with Crippen molar-refractivity contribution in [3.8, 4) is 11.5 Å². The lowest BCUT2D eigenvalue weighted by molar-refractivity contribution is 0.0696. The molecule has 0 amide bonds. The number of carbonyl (C=O) groups is 1. The Balaban J connectivity index is 2.15. The highest BCUT2D eigenvalue weighted by Crippen LogP contribution is 2.28. The average Bonchev–Trinajstić information content (AvgIpc) is 2.92. The Kier molecular flexibility index (Phi) is 4.24. The minimum atomic E-state index is -1.00. The third-order valence-corrected chi connectivity index (χ3v) is 2.91. The summed E-state index contributed by atoms with van der Waals surface area (Å²) in [6.45, 7) is 3.13. The molecular formula is C14H16N2O4. The van der Waals surface area contributed by atoms with Gasteiger partial charge >= 0.3 is 5.97 Å². The first-order valence-electron chi connectivity index (χ1n) is 6.19.